The van der Waals surface area contributed by atoms with Crippen LogP contribution in [0.4, 0.5) is 0 Å². The van der Waals surface area contributed by atoms with Crippen molar-refractivity contribution in [2.45, 2.75) is 32.9 Å². The van der Waals surface area contributed by atoms with Gasteiger partial charge in [0.15, 0.2) is 0 Å². The van der Waals surface area contributed by atoms with Crippen LogP contribution in [0, 0.1) is 5.41 Å². The Morgan fingerprint density at radius 1 is 1.24 bits per heavy atom. The van der Waals surface area contributed by atoms with Crippen molar-refractivity contribution in [2.75, 3.05) is 7.11 Å². The zero-order valence-corrected chi connectivity index (χ0v) is 12.9. The smallest absolute Gasteiger partial charge is 0.217 e. The van der Waals surface area contributed by atoms with Gasteiger partial charge in [-0.25, -0.2) is 4.98 Å². The number of benzene rings is 1. The Bertz CT molecular complexity index is 637. The molecule has 0 saturated carbocycles. The molecule has 2 aromatic rings. The van der Waals surface area contributed by atoms with Gasteiger partial charge in [0.25, 0.3) is 0 Å². The second kappa shape index (κ2) is 5.49. The molecule has 21 heavy (non-hydrogen) atoms. The summed E-state index contributed by atoms with van der Waals surface area (Å²) in [7, 11) is 1.67. The third-order valence-corrected chi connectivity index (χ3v) is 4.33. The Kier molecular flexibility index (Phi) is 3.68. The number of nitrogens with zero attached hydrogens (tertiary/aromatic N) is 1. The van der Waals surface area contributed by atoms with E-state index < -0.39 is 0 Å². The standard InChI is InChI=1S/C18H22N2O/c1-18(2)11-13-7-4-5-9-15(13)16(18)20-12-14-8-6-10-19-17(14)21-3/h4-10,16,20H,11-12H2,1-3H3. The lowest BCUT2D eigenvalue weighted by Gasteiger charge is -2.29. The van der Waals surface area contributed by atoms with Crippen molar-refractivity contribution in [3.05, 3.63) is 59.3 Å². The number of methoxy groups -OCH3 is 1. The molecule has 110 valence electrons. The summed E-state index contributed by atoms with van der Waals surface area (Å²) < 4.78 is 5.33. The maximum atomic E-state index is 5.33. The zero-order valence-electron chi connectivity index (χ0n) is 12.9. The van der Waals surface area contributed by atoms with Crippen molar-refractivity contribution in [2.24, 2.45) is 5.41 Å². The van der Waals surface area contributed by atoms with Crippen molar-refractivity contribution >= 4 is 0 Å². The van der Waals surface area contributed by atoms with Gasteiger partial charge in [0.1, 0.15) is 0 Å². The Morgan fingerprint density at radius 3 is 2.86 bits per heavy atom. The second-order valence-corrected chi connectivity index (χ2v) is 6.35. The van der Waals surface area contributed by atoms with Crippen molar-refractivity contribution in [3.8, 4) is 5.88 Å². The van der Waals surface area contributed by atoms with Gasteiger partial charge in [0.2, 0.25) is 5.88 Å². The third-order valence-electron chi connectivity index (χ3n) is 4.33. The number of hydrogen-bond donors (Lipinski definition) is 1. The molecule has 1 aromatic carbocycles. The van der Waals surface area contributed by atoms with E-state index >= 15 is 0 Å². The molecular weight excluding hydrogens is 260 g/mol. The van der Waals surface area contributed by atoms with Crippen molar-refractivity contribution in [3.63, 3.8) is 0 Å². The first-order valence-electron chi connectivity index (χ1n) is 7.41. The molecule has 1 N–H and O–H groups in total. The predicted octanol–water partition coefficient (Wildman–Crippen LogP) is 3.50. The molecule has 0 spiro atoms. The molecule has 0 radical (unpaired) electrons. The molecule has 1 unspecified atom stereocenters. The molecule has 3 heteroatoms. The highest BCUT2D eigenvalue weighted by molar-refractivity contribution is 5.38. The number of ether oxygens (including phenoxy) is 1. The van der Waals surface area contributed by atoms with Gasteiger partial charge < -0.3 is 10.1 Å². The first kappa shape index (κ1) is 14.1. The molecule has 0 fully saturated rings. The molecule has 0 amide bonds. The van der Waals surface area contributed by atoms with E-state index in [1.807, 2.05) is 6.07 Å². The van der Waals surface area contributed by atoms with Gasteiger partial charge in [-0.15, -0.1) is 0 Å². The van der Waals surface area contributed by atoms with Crippen LogP contribution in [0.1, 0.15) is 36.6 Å². The van der Waals surface area contributed by atoms with E-state index in [1.54, 1.807) is 13.3 Å². The van der Waals surface area contributed by atoms with Gasteiger partial charge in [-0.05, 0) is 29.0 Å². The van der Waals surface area contributed by atoms with Crippen LogP contribution in [0.2, 0.25) is 0 Å². The molecule has 3 rings (SSSR count). The van der Waals surface area contributed by atoms with Gasteiger partial charge in [0, 0.05) is 24.3 Å². The van der Waals surface area contributed by atoms with E-state index in [4.69, 9.17) is 4.74 Å². The molecule has 1 aliphatic rings. The molecule has 0 bridgehead atoms. The predicted molar refractivity (Wildman–Crippen MR) is 84.3 cm³/mol. The lowest BCUT2D eigenvalue weighted by atomic mass is 9.85. The van der Waals surface area contributed by atoms with Gasteiger partial charge in [-0.2, -0.15) is 0 Å². The first-order chi connectivity index (χ1) is 10.1. The largest absolute Gasteiger partial charge is 0.481 e. The van der Waals surface area contributed by atoms with Crippen LogP contribution in [0.25, 0.3) is 0 Å². The van der Waals surface area contributed by atoms with Crippen LogP contribution in [0.3, 0.4) is 0 Å². The van der Waals surface area contributed by atoms with Crippen molar-refractivity contribution in [1.82, 2.24) is 10.3 Å². The van der Waals surface area contributed by atoms with Gasteiger partial charge in [0.05, 0.1) is 7.11 Å². The van der Waals surface area contributed by atoms with Crippen LogP contribution in [-0.2, 0) is 13.0 Å². The minimum absolute atomic E-state index is 0.221. The van der Waals surface area contributed by atoms with E-state index in [1.165, 1.54) is 11.1 Å². The number of rotatable bonds is 4. The zero-order chi connectivity index (χ0) is 14.9. The van der Waals surface area contributed by atoms with Gasteiger partial charge in [-0.3, -0.25) is 0 Å². The number of pyridine rings is 1. The minimum Gasteiger partial charge on any atom is -0.481 e. The van der Waals surface area contributed by atoms with E-state index in [-0.39, 0.29) is 5.41 Å². The minimum atomic E-state index is 0.221. The fraction of sp³-hybridized carbons (Fsp3) is 0.389. The molecule has 3 nitrogen and oxygen atoms in total. The molecule has 1 aliphatic carbocycles. The second-order valence-electron chi connectivity index (χ2n) is 6.35. The van der Waals surface area contributed by atoms with E-state index in [0.717, 1.165) is 18.5 Å². The molecule has 1 aromatic heterocycles. The molecule has 1 atom stereocenters. The summed E-state index contributed by atoms with van der Waals surface area (Å²) in [6.45, 7) is 5.41. The molecule has 0 saturated heterocycles. The Balaban J connectivity index is 1.81. The SMILES string of the molecule is COc1ncccc1CNC1c2ccccc2CC1(C)C. The van der Waals surface area contributed by atoms with Crippen LogP contribution in [0.5, 0.6) is 5.88 Å². The molecule has 1 heterocycles. The van der Waals surface area contributed by atoms with Crippen LogP contribution in [0.15, 0.2) is 42.6 Å². The van der Waals surface area contributed by atoms with E-state index in [0.29, 0.717) is 11.9 Å². The lowest BCUT2D eigenvalue weighted by molar-refractivity contribution is 0.266. The quantitative estimate of drug-likeness (QED) is 0.932. The van der Waals surface area contributed by atoms with E-state index in [2.05, 4.69) is 54.5 Å². The Morgan fingerprint density at radius 2 is 2.05 bits per heavy atom. The summed E-state index contributed by atoms with van der Waals surface area (Å²) in [6, 6.07) is 13.1. The van der Waals surface area contributed by atoms with Crippen LogP contribution in [-0.4, -0.2) is 12.1 Å². The molecular formula is C18H22N2O. The summed E-state index contributed by atoms with van der Waals surface area (Å²) in [4.78, 5) is 4.26. The molecule has 0 aliphatic heterocycles. The number of nitrogens with one attached hydrogen (secondary N) is 1. The Hall–Kier alpha value is -1.87. The highest BCUT2D eigenvalue weighted by Gasteiger charge is 2.38. The summed E-state index contributed by atoms with van der Waals surface area (Å²) in [5, 5.41) is 3.70. The van der Waals surface area contributed by atoms with E-state index in [9.17, 15) is 0 Å². The maximum Gasteiger partial charge on any atom is 0.217 e. The van der Waals surface area contributed by atoms with Gasteiger partial charge in [-0.1, -0.05) is 44.2 Å². The fourth-order valence-corrected chi connectivity index (χ4v) is 3.33. The van der Waals surface area contributed by atoms with Gasteiger partial charge >= 0.3 is 0 Å². The summed E-state index contributed by atoms with van der Waals surface area (Å²) in [5.41, 5.74) is 4.20. The first-order valence-corrected chi connectivity index (χ1v) is 7.41. The normalized spacial score (nSPS) is 19.3. The number of fused-ring (bicyclic) bond motifs is 1. The summed E-state index contributed by atoms with van der Waals surface area (Å²) in [5.74, 6) is 0.703. The van der Waals surface area contributed by atoms with Crippen LogP contribution < -0.4 is 10.1 Å². The summed E-state index contributed by atoms with van der Waals surface area (Å²) in [6.07, 6.45) is 2.88. The van der Waals surface area contributed by atoms with Crippen molar-refractivity contribution < 1.29 is 4.74 Å². The van der Waals surface area contributed by atoms with Crippen molar-refractivity contribution in [1.29, 1.82) is 0 Å². The fourth-order valence-electron chi connectivity index (χ4n) is 3.33. The average molecular weight is 282 g/mol. The monoisotopic (exact) mass is 282 g/mol. The highest BCUT2D eigenvalue weighted by Crippen LogP contribution is 2.45. The summed E-state index contributed by atoms with van der Waals surface area (Å²) >= 11 is 0. The Labute approximate surface area is 126 Å². The topological polar surface area (TPSA) is 34.1 Å². The number of aromatic nitrogens is 1. The third kappa shape index (κ3) is 2.66. The number of hydrogen-bond acceptors (Lipinski definition) is 3. The lowest BCUT2D eigenvalue weighted by Crippen LogP contribution is -2.30. The van der Waals surface area contributed by atoms with Crippen LogP contribution >= 0.6 is 0 Å². The average Bonchev–Trinajstić information content (AvgIpc) is 2.75. The maximum absolute atomic E-state index is 5.33. The highest BCUT2D eigenvalue weighted by atomic mass is 16.5.